The molecular weight excluding hydrogens is 366 g/mol. The molecule has 0 N–H and O–H groups in total. The van der Waals surface area contributed by atoms with Crippen LogP contribution in [-0.2, 0) is 13.1 Å². The molecule has 1 amide bonds. The summed E-state index contributed by atoms with van der Waals surface area (Å²) < 4.78 is 29.1. The van der Waals surface area contributed by atoms with Gasteiger partial charge in [0.15, 0.2) is 5.65 Å². The molecule has 0 saturated carbocycles. The summed E-state index contributed by atoms with van der Waals surface area (Å²) in [7, 11) is 1.60. The molecule has 3 heterocycles. The van der Waals surface area contributed by atoms with E-state index >= 15 is 0 Å². The van der Waals surface area contributed by atoms with Crippen LogP contribution in [0, 0.1) is 6.92 Å². The van der Waals surface area contributed by atoms with Crippen molar-refractivity contribution in [3.05, 3.63) is 46.1 Å². The second-order valence-electron chi connectivity index (χ2n) is 5.83. The number of fused-ring (bicyclic) bond motifs is 1. The van der Waals surface area contributed by atoms with Crippen molar-refractivity contribution in [3.8, 4) is 0 Å². The lowest BCUT2D eigenvalue weighted by molar-refractivity contribution is 0.0783. The zero-order valence-corrected chi connectivity index (χ0v) is 15.2. The van der Waals surface area contributed by atoms with Gasteiger partial charge in [0.05, 0.1) is 29.7 Å². The molecule has 0 unspecified atom stereocenters. The number of hydrogen-bond acceptors (Lipinski definition) is 4. The van der Waals surface area contributed by atoms with Gasteiger partial charge in [-0.05, 0) is 19.9 Å². The van der Waals surface area contributed by atoms with E-state index in [1.807, 2.05) is 6.92 Å². The van der Waals surface area contributed by atoms with E-state index in [1.54, 1.807) is 18.7 Å². The Morgan fingerprint density at radius 3 is 2.73 bits per heavy atom. The summed E-state index contributed by atoms with van der Waals surface area (Å²) in [4.78, 5) is 18.5. The third kappa shape index (κ3) is 3.14. The van der Waals surface area contributed by atoms with E-state index in [-0.39, 0.29) is 23.4 Å². The molecule has 0 aliphatic heterocycles. The largest absolute Gasteiger partial charge is 0.336 e. The molecule has 0 aromatic carbocycles. The van der Waals surface area contributed by atoms with Crippen molar-refractivity contribution < 1.29 is 13.6 Å². The second-order valence-corrected chi connectivity index (χ2v) is 6.24. The van der Waals surface area contributed by atoms with Crippen LogP contribution in [0.3, 0.4) is 0 Å². The van der Waals surface area contributed by atoms with Crippen LogP contribution >= 0.6 is 11.6 Å². The molecule has 10 heteroatoms. The van der Waals surface area contributed by atoms with Gasteiger partial charge in [-0.15, -0.1) is 0 Å². The minimum atomic E-state index is -2.72. The molecule has 0 aliphatic carbocycles. The van der Waals surface area contributed by atoms with Gasteiger partial charge in [0.1, 0.15) is 11.3 Å². The van der Waals surface area contributed by atoms with Crippen LogP contribution in [0.2, 0.25) is 5.02 Å². The molecule has 0 aliphatic rings. The summed E-state index contributed by atoms with van der Waals surface area (Å²) in [6.07, 6.45) is 0.0523. The van der Waals surface area contributed by atoms with Crippen LogP contribution in [0.15, 0.2) is 18.5 Å². The van der Waals surface area contributed by atoms with Gasteiger partial charge in [-0.3, -0.25) is 9.48 Å². The van der Waals surface area contributed by atoms with Crippen molar-refractivity contribution >= 4 is 23.2 Å². The van der Waals surface area contributed by atoms with Crippen LogP contribution in [0.4, 0.5) is 8.78 Å². The van der Waals surface area contributed by atoms with E-state index in [0.717, 1.165) is 4.52 Å². The highest BCUT2D eigenvalue weighted by Gasteiger charge is 2.23. The molecule has 3 aromatic rings. The highest BCUT2D eigenvalue weighted by Crippen LogP contribution is 2.23. The first-order valence-corrected chi connectivity index (χ1v) is 8.30. The zero-order valence-electron chi connectivity index (χ0n) is 14.4. The zero-order chi connectivity index (χ0) is 19.0. The molecule has 0 bridgehead atoms. The van der Waals surface area contributed by atoms with Gasteiger partial charge in [0, 0.05) is 19.3 Å². The van der Waals surface area contributed by atoms with Gasteiger partial charge >= 0.3 is 0 Å². The predicted molar refractivity (Wildman–Crippen MR) is 91.4 cm³/mol. The highest BCUT2D eigenvalue weighted by molar-refractivity contribution is 6.31. The third-order valence-electron chi connectivity index (χ3n) is 4.01. The summed E-state index contributed by atoms with van der Waals surface area (Å²) in [5.41, 5.74) is 1.03. The Morgan fingerprint density at radius 2 is 2.08 bits per heavy atom. The van der Waals surface area contributed by atoms with Gasteiger partial charge < -0.3 is 4.90 Å². The maximum absolute atomic E-state index is 13.2. The maximum atomic E-state index is 13.2. The SMILES string of the molecule is CCn1ncc(Cl)c1CN(C)C(=O)c1cnn2c(C(F)F)cc(C)nc12. The lowest BCUT2D eigenvalue weighted by atomic mass is 10.2. The van der Waals surface area contributed by atoms with Gasteiger partial charge in [0.25, 0.3) is 12.3 Å². The molecule has 0 radical (unpaired) electrons. The standard InChI is InChI=1S/C16H17ClF2N6O/c1-4-24-13(11(17)7-20-24)8-23(3)16(26)10-6-21-25-12(14(18)19)5-9(2)22-15(10)25/h5-7,14H,4,8H2,1-3H3. The first-order chi connectivity index (χ1) is 12.3. The molecule has 0 spiro atoms. The second kappa shape index (κ2) is 6.99. The Hall–Kier alpha value is -2.55. The molecule has 26 heavy (non-hydrogen) atoms. The minimum Gasteiger partial charge on any atom is -0.336 e. The number of carbonyl (C=O) groups excluding carboxylic acids is 1. The topological polar surface area (TPSA) is 68.3 Å². The summed E-state index contributed by atoms with van der Waals surface area (Å²) in [6, 6.07) is 1.25. The van der Waals surface area contributed by atoms with Crippen molar-refractivity contribution in [2.24, 2.45) is 0 Å². The van der Waals surface area contributed by atoms with E-state index in [4.69, 9.17) is 11.6 Å². The smallest absolute Gasteiger partial charge is 0.280 e. The van der Waals surface area contributed by atoms with E-state index in [0.29, 0.717) is 23.0 Å². The average molecular weight is 383 g/mol. The van der Waals surface area contributed by atoms with Crippen LogP contribution in [-0.4, -0.2) is 42.2 Å². The number of halogens is 3. The normalized spacial score (nSPS) is 11.5. The van der Waals surface area contributed by atoms with Crippen molar-refractivity contribution in [1.29, 1.82) is 0 Å². The average Bonchev–Trinajstić information content (AvgIpc) is 3.17. The summed E-state index contributed by atoms with van der Waals surface area (Å²) in [6.45, 7) is 4.34. The summed E-state index contributed by atoms with van der Waals surface area (Å²) in [5.74, 6) is -0.391. The Kier molecular flexibility index (Phi) is 4.90. The Labute approximate surface area is 153 Å². The molecule has 0 fully saturated rings. The number of aryl methyl sites for hydroxylation is 2. The number of carbonyl (C=O) groups is 1. The number of alkyl halides is 2. The van der Waals surface area contributed by atoms with Gasteiger partial charge in [-0.25, -0.2) is 18.3 Å². The Bertz CT molecular complexity index is 967. The summed E-state index contributed by atoms with van der Waals surface area (Å²) >= 11 is 6.14. The molecule has 0 saturated heterocycles. The van der Waals surface area contributed by atoms with Crippen molar-refractivity contribution in [3.63, 3.8) is 0 Å². The number of aromatic nitrogens is 5. The fraction of sp³-hybridized carbons (Fsp3) is 0.375. The van der Waals surface area contributed by atoms with Gasteiger partial charge in [0.2, 0.25) is 0 Å². The molecule has 3 aromatic heterocycles. The number of amides is 1. The van der Waals surface area contributed by atoms with E-state index in [9.17, 15) is 13.6 Å². The Morgan fingerprint density at radius 1 is 1.35 bits per heavy atom. The molecule has 7 nitrogen and oxygen atoms in total. The van der Waals surface area contributed by atoms with Gasteiger partial charge in [-0.2, -0.15) is 10.2 Å². The molecule has 0 atom stereocenters. The van der Waals surface area contributed by atoms with E-state index in [1.165, 1.54) is 23.4 Å². The van der Waals surface area contributed by atoms with E-state index < -0.39 is 12.3 Å². The first-order valence-electron chi connectivity index (χ1n) is 7.92. The van der Waals surface area contributed by atoms with Crippen LogP contribution < -0.4 is 0 Å². The van der Waals surface area contributed by atoms with Crippen LogP contribution in [0.25, 0.3) is 5.65 Å². The minimum absolute atomic E-state index is 0.104. The monoisotopic (exact) mass is 382 g/mol. The van der Waals surface area contributed by atoms with Crippen LogP contribution in [0.1, 0.15) is 40.8 Å². The predicted octanol–water partition coefficient (Wildman–Crippen LogP) is 3.12. The quantitative estimate of drug-likeness (QED) is 0.680. The lowest BCUT2D eigenvalue weighted by Gasteiger charge is -2.17. The molecule has 138 valence electrons. The van der Waals surface area contributed by atoms with Gasteiger partial charge in [-0.1, -0.05) is 11.6 Å². The molecule has 3 rings (SSSR count). The fourth-order valence-electron chi connectivity index (χ4n) is 2.74. The lowest BCUT2D eigenvalue weighted by Crippen LogP contribution is -2.27. The van der Waals surface area contributed by atoms with E-state index in [2.05, 4.69) is 15.2 Å². The number of hydrogen-bond donors (Lipinski definition) is 0. The van der Waals surface area contributed by atoms with Crippen molar-refractivity contribution in [2.45, 2.75) is 33.4 Å². The summed E-state index contributed by atoms with van der Waals surface area (Å²) in [5, 5.41) is 8.51. The molecular formula is C16H17ClF2N6O. The Balaban J connectivity index is 1.96. The number of nitrogens with zero attached hydrogens (tertiary/aromatic N) is 6. The fourth-order valence-corrected chi connectivity index (χ4v) is 2.94. The van der Waals surface area contributed by atoms with Crippen LogP contribution in [0.5, 0.6) is 0 Å². The number of rotatable bonds is 5. The van der Waals surface area contributed by atoms with Crippen molar-refractivity contribution in [1.82, 2.24) is 29.3 Å². The first kappa shape index (κ1) is 18.2. The third-order valence-corrected chi connectivity index (χ3v) is 4.33. The highest BCUT2D eigenvalue weighted by atomic mass is 35.5. The maximum Gasteiger partial charge on any atom is 0.280 e. The van der Waals surface area contributed by atoms with Crippen molar-refractivity contribution in [2.75, 3.05) is 7.05 Å².